The van der Waals surface area contributed by atoms with Gasteiger partial charge in [-0.1, -0.05) is 19.8 Å². The molecule has 0 aromatic heterocycles. The van der Waals surface area contributed by atoms with Crippen LogP contribution in [0.15, 0.2) is 0 Å². The van der Waals surface area contributed by atoms with E-state index < -0.39 is 42.5 Å². The van der Waals surface area contributed by atoms with Gasteiger partial charge in [0.1, 0.15) is 13.0 Å². The second-order valence-corrected chi connectivity index (χ2v) is 5.76. The zero-order chi connectivity index (χ0) is 16.1. The van der Waals surface area contributed by atoms with Crippen molar-refractivity contribution in [1.29, 1.82) is 0 Å². The quantitative estimate of drug-likeness (QED) is 0.666. The minimum Gasteiger partial charge on any atom is -0.392 e. The van der Waals surface area contributed by atoms with Crippen molar-refractivity contribution in [2.24, 2.45) is 5.41 Å². The van der Waals surface area contributed by atoms with E-state index in [1.165, 1.54) is 0 Å². The molecule has 1 fully saturated rings. The van der Waals surface area contributed by atoms with E-state index in [0.717, 1.165) is 19.3 Å². The monoisotopic (exact) mass is 310 g/mol. The summed E-state index contributed by atoms with van der Waals surface area (Å²) in [4.78, 5) is 22.7. The van der Waals surface area contributed by atoms with Crippen LogP contribution in [0.4, 0.5) is 13.2 Å². The van der Waals surface area contributed by atoms with Gasteiger partial charge in [-0.05, 0) is 12.8 Å². The number of carbonyl (C=O) groups is 2. The fraction of sp³-hybridized carbons (Fsp3) is 0.846. The lowest BCUT2D eigenvalue weighted by Crippen LogP contribution is -2.46. The van der Waals surface area contributed by atoms with Crippen LogP contribution in [-0.4, -0.2) is 42.3 Å². The average Bonchev–Trinajstić information content (AvgIpc) is 2.37. The van der Waals surface area contributed by atoms with Crippen LogP contribution in [0.5, 0.6) is 0 Å². The Hall–Kier alpha value is -1.31. The molecule has 0 bridgehead atoms. The molecule has 1 saturated carbocycles. The molecule has 2 unspecified atom stereocenters. The molecule has 1 aliphatic rings. The SMILES string of the molecule is CC1(CNC(=O)CC(=O)NCC(F)(F)F)CCCCC1O. The Kier molecular flexibility index (Phi) is 6.00. The first-order valence-electron chi connectivity index (χ1n) is 6.91. The number of nitrogens with one attached hydrogen (secondary N) is 2. The number of halogens is 3. The highest BCUT2D eigenvalue weighted by Crippen LogP contribution is 2.35. The molecule has 8 heteroatoms. The molecule has 0 radical (unpaired) electrons. The summed E-state index contributed by atoms with van der Waals surface area (Å²) < 4.78 is 35.7. The first-order valence-corrected chi connectivity index (χ1v) is 6.91. The summed E-state index contributed by atoms with van der Waals surface area (Å²) in [7, 11) is 0. The average molecular weight is 310 g/mol. The van der Waals surface area contributed by atoms with Gasteiger partial charge in [-0.25, -0.2) is 0 Å². The molecule has 122 valence electrons. The summed E-state index contributed by atoms with van der Waals surface area (Å²) in [6, 6.07) is 0. The third kappa shape index (κ3) is 6.33. The summed E-state index contributed by atoms with van der Waals surface area (Å²) in [6.45, 7) is 0.607. The Balaban J connectivity index is 2.32. The summed E-state index contributed by atoms with van der Waals surface area (Å²) in [5.41, 5.74) is -0.448. The molecule has 5 nitrogen and oxygen atoms in total. The molecule has 2 amide bonds. The van der Waals surface area contributed by atoms with Gasteiger partial charge < -0.3 is 15.7 Å². The van der Waals surface area contributed by atoms with Crippen molar-refractivity contribution in [2.75, 3.05) is 13.1 Å². The maximum absolute atomic E-state index is 11.9. The molecule has 0 aliphatic heterocycles. The zero-order valence-electron chi connectivity index (χ0n) is 11.9. The van der Waals surface area contributed by atoms with Crippen molar-refractivity contribution >= 4 is 11.8 Å². The molecule has 21 heavy (non-hydrogen) atoms. The standard InChI is InChI=1S/C13H21F3N2O3/c1-12(5-3-2-4-9(12)19)7-17-10(20)6-11(21)18-8-13(14,15)16/h9,19H,2-8H2,1H3,(H,17,20)(H,18,21). The largest absolute Gasteiger partial charge is 0.405 e. The van der Waals surface area contributed by atoms with Crippen molar-refractivity contribution in [2.45, 2.75) is 51.3 Å². The molecule has 0 heterocycles. The first kappa shape index (κ1) is 17.7. The van der Waals surface area contributed by atoms with Crippen LogP contribution in [0.1, 0.15) is 39.0 Å². The summed E-state index contributed by atoms with van der Waals surface area (Å²) in [5, 5.41) is 14.1. The van der Waals surface area contributed by atoms with E-state index in [1.807, 2.05) is 6.92 Å². The topological polar surface area (TPSA) is 78.4 Å². The maximum Gasteiger partial charge on any atom is 0.405 e. The van der Waals surface area contributed by atoms with Gasteiger partial charge in [-0.15, -0.1) is 0 Å². The lowest BCUT2D eigenvalue weighted by Gasteiger charge is -2.38. The van der Waals surface area contributed by atoms with E-state index in [2.05, 4.69) is 5.32 Å². The Morgan fingerprint density at radius 1 is 1.24 bits per heavy atom. The molecule has 2 atom stereocenters. The second-order valence-electron chi connectivity index (χ2n) is 5.76. The predicted octanol–water partition coefficient (Wildman–Crippen LogP) is 1.11. The lowest BCUT2D eigenvalue weighted by atomic mass is 9.73. The van der Waals surface area contributed by atoms with Crippen LogP contribution in [0.2, 0.25) is 0 Å². The third-order valence-electron chi connectivity index (χ3n) is 3.78. The third-order valence-corrected chi connectivity index (χ3v) is 3.78. The highest BCUT2D eigenvalue weighted by Gasteiger charge is 2.35. The van der Waals surface area contributed by atoms with Crippen LogP contribution in [0, 0.1) is 5.41 Å². The molecule has 0 aromatic carbocycles. The Bertz CT molecular complexity index is 387. The zero-order valence-corrected chi connectivity index (χ0v) is 11.9. The normalized spacial score (nSPS) is 26.2. The Morgan fingerprint density at radius 3 is 2.43 bits per heavy atom. The molecule has 0 spiro atoms. The first-order chi connectivity index (χ1) is 9.62. The van der Waals surface area contributed by atoms with Gasteiger partial charge in [-0.3, -0.25) is 9.59 Å². The minimum absolute atomic E-state index is 0.208. The highest BCUT2D eigenvalue weighted by atomic mass is 19.4. The molecule has 1 rings (SSSR count). The van der Waals surface area contributed by atoms with Gasteiger partial charge in [0, 0.05) is 12.0 Å². The molecule has 3 N–H and O–H groups in total. The smallest absolute Gasteiger partial charge is 0.392 e. The van der Waals surface area contributed by atoms with Gasteiger partial charge in [0.25, 0.3) is 0 Å². The minimum atomic E-state index is -4.49. The van der Waals surface area contributed by atoms with Gasteiger partial charge in [-0.2, -0.15) is 13.2 Å². The van der Waals surface area contributed by atoms with Crippen molar-refractivity contribution < 1.29 is 27.9 Å². The van der Waals surface area contributed by atoms with Gasteiger partial charge in [0.05, 0.1) is 6.10 Å². The summed E-state index contributed by atoms with van der Waals surface area (Å²) in [6.07, 6.45) is -2.35. The van der Waals surface area contributed by atoms with Crippen molar-refractivity contribution in [1.82, 2.24) is 10.6 Å². The molecular formula is C13H21F3N2O3. The van der Waals surface area contributed by atoms with Crippen LogP contribution in [0.25, 0.3) is 0 Å². The summed E-state index contributed by atoms with van der Waals surface area (Å²) in [5.74, 6) is -1.62. The predicted molar refractivity (Wildman–Crippen MR) is 69.3 cm³/mol. The molecular weight excluding hydrogens is 289 g/mol. The highest BCUT2D eigenvalue weighted by molar-refractivity contribution is 5.96. The molecule has 1 aliphatic carbocycles. The van der Waals surface area contributed by atoms with Crippen LogP contribution in [-0.2, 0) is 9.59 Å². The molecule has 0 aromatic rings. The van der Waals surface area contributed by atoms with E-state index in [0.29, 0.717) is 6.42 Å². The van der Waals surface area contributed by atoms with Crippen LogP contribution in [0.3, 0.4) is 0 Å². The fourth-order valence-corrected chi connectivity index (χ4v) is 2.36. The number of hydrogen-bond donors (Lipinski definition) is 3. The van der Waals surface area contributed by atoms with Crippen molar-refractivity contribution in [3.8, 4) is 0 Å². The fourth-order valence-electron chi connectivity index (χ4n) is 2.36. The number of alkyl halides is 3. The number of hydrogen-bond acceptors (Lipinski definition) is 3. The number of rotatable bonds is 5. The van der Waals surface area contributed by atoms with E-state index >= 15 is 0 Å². The Labute approximate surface area is 121 Å². The number of aliphatic hydroxyl groups is 1. The molecule has 0 saturated heterocycles. The second kappa shape index (κ2) is 7.11. The summed E-state index contributed by atoms with van der Waals surface area (Å²) >= 11 is 0. The van der Waals surface area contributed by atoms with E-state index in [4.69, 9.17) is 0 Å². The van der Waals surface area contributed by atoms with Gasteiger partial charge in [0.15, 0.2) is 0 Å². The van der Waals surface area contributed by atoms with E-state index in [-0.39, 0.29) is 6.54 Å². The van der Waals surface area contributed by atoms with Crippen molar-refractivity contribution in [3.05, 3.63) is 0 Å². The van der Waals surface area contributed by atoms with E-state index in [9.17, 15) is 27.9 Å². The van der Waals surface area contributed by atoms with Gasteiger partial charge >= 0.3 is 6.18 Å². The lowest BCUT2D eigenvalue weighted by molar-refractivity contribution is -0.141. The number of carbonyl (C=O) groups excluding carboxylic acids is 2. The van der Waals surface area contributed by atoms with Crippen LogP contribution >= 0.6 is 0 Å². The Morgan fingerprint density at radius 2 is 1.86 bits per heavy atom. The van der Waals surface area contributed by atoms with E-state index in [1.54, 1.807) is 5.32 Å². The number of aliphatic hydroxyl groups excluding tert-OH is 1. The van der Waals surface area contributed by atoms with Crippen molar-refractivity contribution in [3.63, 3.8) is 0 Å². The number of amides is 2. The maximum atomic E-state index is 11.9. The van der Waals surface area contributed by atoms with Crippen LogP contribution < -0.4 is 10.6 Å². The van der Waals surface area contributed by atoms with Gasteiger partial charge in [0.2, 0.25) is 11.8 Å².